The number of ether oxygens (including phenoxy) is 1. The van der Waals surface area contributed by atoms with Gasteiger partial charge in [-0.3, -0.25) is 0 Å². The van der Waals surface area contributed by atoms with Crippen LogP contribution in [-0.4, -0.2) is 12.1 Å². The van der Waals surface area contributed by atoms with Gasteiger partial charge < -0.3 is 10.2 Å². The number of nitrogen functional groups attached to an aromatic ring is 1. The fraction of sp³-hybridized carbons (Fsp3) is 0.308. The Morgan fingerprint density at radius 3 is 2.28 bits per heavy atom. The van der Waals surface area contributed by atoms with Crippen LogP contribution in [0.2, 0.25) is 0 Å². The summed E-state index contributed by atoms with van der Waals surface area (Å²) in [5.41, 5.74) is 6.91. The van der Waals surface area contributed by atoms with E-state index >= 15 is 0 Å². The van der Waals surface area contributed by atoms with Gasteiger partial charge in [0.15, 0.2) is 0 Å². The highest BCUT2D eigenvalue weighted by Crippen LogP contribution is 2.34. The van der Waals surface area contributed by atoms with Crippen molar-refractivity contribution < 1.29 is 4.74 Å². The van der Waals surface area contributed by atoms with Crippen LogP contribution < -0.4 is 16.0 Å². The SMILES string of the molecule is COc1c(C)cc(-c2nc(C)c(NN)s2)cc1C. The first-order valence-electron chi connectivity index (χ1n) is 5.66. The Bertz CT molecular complexity index is 555. The summed E-state index contributed by atoms with van der Waals surface area (Å²) in [6.07, 6.45) is 0. The summed E-state index contributed by atoms with van der Waals surface area (Å²) in [5, 5.41) is 1.87. The van der Waals surface area contributed by atoms with Crippen molar-refractivity contribution in [1.82, 2.24) is 4.98 Å². The second kappa shape index (κ2) is 4.96. The first-order valence-corrected chi connectivity index (χ1v) is 6.48. The number of hydrazine groups is 1. The molecule has 0 atom stereocenters. The van der Waals surface area contributed by atoms with Gasteiger partial charge in [0.2, 0.25) is 0 Å². The Hall–Kier alpha value is -1.59. The number of aromatic nitrogens is 1. The van der Waals surface area contributed by atoms with Crippen molar-refractivity contribution in [3.63, 3.8) is 0 Å². The van der Waals surface area contributed by atoms with Gasteiger partial charge in [0.25, 0.3) is 0 Å². The number of benzene rings is 1. The minimum Gasteiger partial charge on any atom is -0.496 e. The maximum absolute atomic E-state index is 5.45. The third-order valence-corrected chi connectivity index (χ3v) is 3.98. The van der Waals surface area contributed by atoms with E-state index in [1.54, 1.807) is 18.4 Å². The highest BCUT2D eigenvalue weighted by Gasteiger charge is 2.11. The van der Waals surface area contributed by atoms with E-state index in [1.807, 2.05) is 20.8 Å². The summed E-state index contributed by atoms with van der Waals surface area (Å²) in [4.78, 5) is 4.52. The topological polar surface area (TPSA) is 60.2 Å². The number of methoxy groups -OCH3 is 1. The van der Waals surface area contributed by atoms with Crippen molar-refractivity contribution in [3.8, 4) is 16.3 Å². The summed E-state index contributed by atoms with van der Waals surface area (Å²) >= 11 is 1.56. The highest BCUT2D eigenvalue weighted by molar-refractivity contribution is 7.19. The van der Waals surface area contributed by atoms with Gasteiger partial charge in [-0.2, -0.15) is 0 Å². The molecule has 0 aliphatic carbocycles. The van der Waals surface area contributed by atoms with Crippen molar-refractivity contribution in [2.75, 3.05) is 12.5 Å². The third kappa shape index (κ3) is 2.19. The number of rotatable bonds is 3. The van der Waals surface area contributed by atoms with Crippen molar-refractivity contribution in [2.24, 2.45) is 5.84 Å². The number of anilines is 1. The van der Waals surface area contributed by atoms with Crippen LogP contribution in [0, 0.1) is 20.8 Å². The first-order chi connectivity index (χ1) is 8.56. The second-order valence-corrected chi connectivity index (χ2v) is 5.22. The second-order valence-electron chi connectivity index (χ2n) is 4.22. The molecular formula is C13H17N3OS. The van der Waals surface area contributed by atoms with Crippen LogP contribution in [0.1, 0.15) is 16.8 Å². The lowest BCUT2D eigenvalue weighted by Crippen LogP contribution is -2.05. The highest BCUT2D eigenvalue weighted by atomic mass is 32.1. The van der Waals surface area contributed by atoms with Crippen LogP contribution in [0.3, 0.4) is 0 Å². The minimum atomic E-state index is 0.899. The van der Waals surface area contributed by atoms with E-state index in [0.29, 0.717) is 0 Å². The Morgan fingerprint density at radius 1 is 1.22 bits per heavy atom. The molecule has 0 aliphatic heterocycles. The van der Waals surface area contributed by atoms with Gasteiger partial charge in [-0.1, -0.05) is 11.3 Å². The number of hydrogen-bond acceptors (Lipinski definition) is 5. The normalized spacial score (nSPS) is 10.5. The maximum atomic E-state index is 5.45. The van der Waals surface area contributed by atoms with E-state index in [0.717, 1.165) is 38.1 Å². The fourth-order valence-electron chi connectivity index (χ4n) is 2.05. The lowest BCUT2D eigenvalue weighted by molar-refractivity contribution is 0.408. The molecule has 3 N–H and O–H groups in total. The van der Waals surface area contributed by atoms with Gasteiger partial charge in [-0.05, 0) is 44.0 Å². The maximum Gasteiger partial charge on any atom is 0.126 e. The van der Waals surface area contributed by atoms with E-state index in [1.165, 1.54) is 0 Å². The summed E-state index contributed by atoms with van der Waals surface area (Å²) < 4.78 is 5.37. The molecule has 2 aromatic rings. The van der Waals surface area contributed by atoms with Crippen molar-refractivity contribution >= 4 is 16.3 Å². The number of nitrogens with two attached hydrogens (primary N) is 1. The zero-order valence-corrected chi connectivity index (χ0v) is 11.8. The quantitative estimate of drug-likeness (QED) is 0.660. The van der Waals surface area contributed by atoms with E-state index in [2.05, 4.69) is 22.5 Å². The van der Waals surface area contributed by atoms with Gasteiger partial charge in [0, 0.05) is 5.56 Å². The molecule has 1 aromatic carbocycles. The molecule has 1 heterocycles. The van der Waals surface area contributed by atoms with Crippen LogP contribution in [0.25, 0.3) is 10.6 Å². The van der Waals surface area contributed by atoms with Gasteiger partial charge >= 0.3 is 0 Å². The van der Waals surface area contributed by atoms with E-state index in [4.69, 9.17) is 10.6 Å². The third-order valence-electron chi connectivity index (χ3n) is 2.84. The molecule has 0 bridgehead atoms. The largest absolute Gasteiger partial charge is 0.496 e. The monoisotopic (exact) mass is 263 g/mol. The summed E-state index contributed by atoms with van der Waals surface area (Å²) in [5.74, 6) is 6.38. The summed E-state index contributed by atoms with van der Waals surface area (Å²) in [6, 6.07) is 4.18. The Kier molecular flexibility index (Phi) is 3.54. The predicted molar refractivity (Wildman–Crippen MR) is 76.1 cm³/mol. The van der Waals surface area contributed by atoms with Gasteiger partial charge in [0.1, 0.15) is 15.8 Å². The first kappa shape index (κ1) is 12.9. The van der Waals surface area contributed by atoms with Gasteiger partial charge in [-0.25, -0.2) is 10.8 Å². The zero-order valence-electron chi connectivity index (χ0n) is 11.0. The number of nitrogens with one attached hydrogen (secondary N) is 1. The molecule has 4 nitrogen and oxygen atoms in total. The molecule has 96 valence electrons. The van der Waals surface area contributed by atoms with Gasteiger partial charge in [-0.15, -0.1) is 0 Å². The predicted octanol–water partition coefficient (Wildman–Crippen LogP) is 3.03. The van der Waals surface area contributed by atoms with Crippen molar-refractivity contribution in [2.45, 2.75) is 20.8 Å². The molecule has 0 radical (unpaired) electrons. The molecule has 0 spiro atoms. The number of hydrogen-bond donors (Lipinski definition) is 2. The molecule has 0 unspecified atom stereocenters. The van der Waals surface area contributed by atoms with Crippen molar-refractivity contribution in [3.05, 3.63) is 29.0 Å². The van der Waals surface area contributed by atoms with E-state index in [9.17, 15) is 0 Å². The Balaban J connectivity index is 2.51. The molecule has 0 aliphatic rings. The fourth-order valence-corrected chi connectivity index (χ4v) is 2.91. The van der Waals surface area contributed by atoms with Gasteiger partial charge in [0.05, 0.1) is 12.8 Å². The Labute approximate surface area is 111 Å². The number of aryl methyl sites for hydroxylation is 3. The molecule has 0 fully saturated rings. The molecule has 18 heavy (non-hydrogen) atoms. The zero-order chi connectivity index (χ0) is 13.3. The molecule has 0 amide bonds. The van der Waals surface area contributed by atoms with Crippen molar-refractivity contribution in [1.29, 1.82) is 0 Å². The van der Waals surface area contributed by atoms with Crippen LogP contribution in [-0.2, 0) is 0 Å². The lowest BCUT2D eigenvalue weighted by Gasteiger charge is -2.09. The average Bonchev–Trinajstić information content (AvgIpc) is 2.70. The van der Waals surface area contributed by atoms with Crippen LogP contribution in [0.15, 0.2) is 12.1 Å². The molecule has 5 heteroatoms. The van der Waals surface area contributed by atoms with E-state index < -0.39 is 0 Å². The molecule has 0 saturated heterocycles. The standard InChI is InChI=1S/C13H17N3OS/c1-7-5-10(6-8(2)11(7)17-4)13-15-9(3)12(16-14)18-13/h5-6,16H,14H2,1-4H3. The van der Waals surface area contributed by atoms with E-state index in [-0.39, 0.29) is 0 Å². The molecule has 2 rings (SSSR count). The number of nitrogens with zero attached hydrogens (tertiary/aromatic N) is 1. The van der Waals surface area contributed by atoms with Crippen LogP contribution in [0.5, 0.6) is 5.75 Å². The molecule has 0 saturated carbocycles. The average molecular weight is 263 g/mol. The lowest BCUT2D eigenvalue weighted by atomic mass is 10.1. The Morgan fingerprint density at radius 2 is 1.83 bits per heavy atom. The minimum absolute atomic E-state index is 0.899. The smallest absolute Gasteiger partial charge is 0.126 e. The van der Waals surface area contributed by atoms with Crippen LogP contribution >= 0.6 is 11.3 Å². The van der Waals surface area contributed by atoms with Crippen LogP contribution in [0.4, 0.5) is 5.00 Å². The molecule has 1 aromatic heterocycles. The summed E-state index contributed by atoms with van der Waals surface area (Å²) in [6.45, 7) is 6.02. The molecular weight excluding hydrogens is 246 g/mol. The summed E-state index contributed by atoms with van der Waals surface area (Å²) in [7, 11) is 1.69. The number of thiazole rings is 1.